The number of nitrogens with one attached hydrogen (secondary N) is 1. The van der Waals surface area contributed by atoms with Gasteiger partial charge in [0.25, 0.3) is 5.91 Å². The lowest BCUT2D eigenvalue weighted by atomic mass is 10.1. The minimum Gasteiger partial charge on any atom is -0.368 e. The second-order valence-electron chi connectivity index (χ2n) is 8.59. The summed E-state index contributed by atoms with van der Waals surface area (Å²) in [5, 5.41) is 3.26. The van der Waals surface area contributed by atoms with Crippen molar-refractivity contribution in [2.45, 2.75) is 47.1 Å². The van der Waals surface area contributed by atoms with E-state index in [1.807, 2.05) is 32.6 Å². The zero-order valence-corrected chi connectivity index (χ0v) is 17.8. The Morgan fingerprint density at radius 1 is 1.04 bits per heavy atom. The van der Waals surface area contributed by atoms with Crippen LogP contribution in [0.4, 0.5) is 11.6 Å². The number of aromatic nitrogens is 2. The Kier molecular flexibility index (Phi) is 5.59. The molecule has 1 amide bonds. The van der Waals surface area contributed by atoms with E-state index in [0.717, 1.165) is 18.8 Å². The number of benzene rings is 1. The van der Waals surface area contributed by atoms with Gasteiger partial charge in [0.15, 0.2) is 0 Å². The molecule has 0 atom stereocenters. The third-order valence-corrected chi connectivity index (χ3v) is 5.04. The average molecular weight is 382 g/mol. The van der Waals surface area contributed by atoms with Crippen LogP contribution in [0.15, 0.2) is 24.3 Å². The second kappa shape index (κ2) is 7.78. The number of carbonyl (C=O) groups excluding carboxylic acids is 1. The molecule has 1 N–H and O–H groups in total. The van der Waals surface area contributed by atoms with Crippen LogP contribution in [0.25, 0.3) is 0 Å². The van der Waals surface area contributed by atoms with Crippen molar-refractivity contribution < 1.29 is 4.79 Å². The van der Waals surface area contributed by atoms with Crippen molar-refractivity contribution in [1.29, 1.82) is 0 Å². The minimum atomic E-state index is -0.161. The number of carbonyl (C=O) groups is 1. The summed E-state index contributed by atoms with van der Waals surface area (Å²) < 4.78 is 0. The highest BCUT2D eigenvalue weighted by molar-refractivity contribution is 5.93. The Morgan fingerprint density at radius 2 is 1.71 bits per heavy atom. The Labute approximate surface area is 168 Å². The van der Waals surface area contributed by atoms with Crippen LogP contribution in [0, 0.1) is 20.8 Å². The molecule has 6 nitrogen and oxygen atoms in total. The summed E-state index contributed by atoms with van der Waals surface area (Å²) in [6, 6.07) is 8.17. The van der Waals surface area contributed by atoms with E-state index < -0.39 is 0 Å². The second-order valence-corrected chi connectivity index (χ2v) is 8.59. The third-order valence-electron chi connectivity index (χ3n) is 5.04. The lowest BCUT2D eigenvalue weighted by Gasteiger charge is -2.37. The van der Waals surface area contributed by atoms with E-state index in [0.29, 0.717) is 24.7 Å². The maximum Gasteiger partial charge on any atom is 0.272 e. The van der Waals surface area contributed by atoms with Crippen LogP contribution < -0.4 is 10.2 Å². The maximum atomic E-state index is 13.0. The largest absolute Gasteiger partial charge is 0.368 e. The van der Waals surface area contributed by atoms with Gasteiger partial charge in [0.2, 0.25) is 5.95 Å². The zero-order chi connectivity index (χ0) is 20.5. The lowest BCUT2D eigenvalue weighted by Crippen LogP contribution is -2.49. The van der Waals surface area contributed by atoms with Gasteiger partial charge in [-0.3, -0.25) is 4.79 Å². The van der Waals surface area contributed by atoms with E-state index in [1.165, 1.54) is 16.8 Å². The first-order valence-electron chi connectivity index (χ1n) is 9.88. The van der Waals surface area contributed by atoms with Gasteiger partial charge in [0.05, 0.1) is 0 Å². The maximum absolute atomic E-state index is 13.0. The van der Waals surface area contributed by atoms with Crippen LogP contribution in [-0.2, 0) is 0 Å². The minimum absolute atomic E-state index is 0.0249. The highest BCUT2D eigenvalue weighted by Gasteiger charge is 2.25. The topological polar surface area (TPSA) is 61.4 Å². The monoisotopic (exact) mass is 381 g/mol. The summed E-state index contributed by atoms with van der Waals surface area (Å²) in [6.45, 7) is 15.4. The van der Waals surface area contributed by atoms with Gasteiger partial charge in [-0.15, -0.1) is 0 Å². The summed E-state index contributed by atoms with van der Waals surface area (Å²) >= 11 is 0. The Hall–Kier alpha value is -2.63. The molecule has 28 heavy (non-hydrogen) atoms. The SMILES string of the molecule is Cc1cc(C(=O)N2CCN(c3cccc(C)c3C)CC2)nc(NC(C)(C)C)n1. The molecule has 0 spiro atoms. The molecule has 1 saturated heterocycles. The molecule has 1 aliphatic heterocycles. The number of amides is 1. The summed E-state index contributed by atoms with van der Waals surface area (Å²) in [5.41, 5.74) is 4.96. The standard InChI is InChI=1S/C22H31N5O/c1-15-8-7-9-19(17(15)3)26-10-12-27(13-11-26)20(28)18-14-16(2)23-21(24-18)25-22(4,5)6/h7-9,14H,10-13H2,1-6H3,(H,23,24,25). The first kappa shape index (κ1) is 20.1. The molecular weight excluding hydrogens is 350 g/mol. The molecule has 1 fully saturated rings. The number of hydrogen-bond acceptors (Lipinski definition) is 5. The fraction of sp³-hybridized carbons (Fsp3) is 0.500. The van der Waals surface area contributed by atoms with Gasteiger partial charge in [-0.1, -0.05) is 12.1 Å². The van der Waals surface area contributed by atoms with Crippen LogP contribution in [0.5, 0.6) is 0 Å². The quantitative estimate of drug-likeness (QED) is 0.881. The van der Waals surface area contributed by atoms with Crippen LogP contribution in [-0.4, -0.2) is 52.5 Å². The summed E-state index contributed by atoms with van der Waals surface area (Å²) in [7, 11) is 0. The van der Waals surface area contributed by atoms with Gasteiger partial charge in [-0.25, -0.2) is 9.97 Å². The highest BCUT2D eigenvalue weighted by atomic mass is 16.2. The fourth-order valence-corrected chi connectivity index (χ4v) is 3.46. The molecule has 2 aromatic rings. The summed E-state index contributed by atoms with van der Waals surface area (Å²) in [5.74, 6) is 0.480. The molecule has 150 valence electrons. The molecule has 1 aliphatic rings. The normalized spacial score (nSPS) is 14.9. The van der Waals surface area contributed by atoms with Crippen molar-refractivity contribution in [3.05, 3.63) is 46.8 Å². The van der Waals surface area contributed by atoms with Gasteiger partial charge in [0, 0.05) is 43.1 Å². The predicted octanol–water partition coefficient (Wildman–Crippen LogP) is 3.57. The molecule has 0 aliphatic carbocycles. The molecule has 2 heterocycles. The van der Waals surface area contributed by atoms with Gasteiger partial charge in [0.1, 0.15) is 5.69 Å². The number of rotatable bonds is 3. The molecule has 1 aromatic heterocycles. The van der Waals surface area contributed by atoms with Crippen molar-refractivity contribution in [1.82, 2.24) is 14.9 Å². The Balaban J connectivity index is 1.71. The van der Waals surface area contributed by atoms with Crippen molar-refractivity contribution in [3.8, 4) is 0 Å². The third kappa shape index (κ3) is 4.61. The number of anilines is 2. The fourth-order valence-electron chi connectivity index (χ4n) is 3.46. The van der Waals surface area contributed by atoms with Crippen LogP contribution in [0.1, 0.15) is 48.1 Å². The van der Waals surface area contributed by atoms with Crippen LogP contribution in [0.2, 0.25) is 0 Å². The molecule has 0 bridgehead atoms. The van der Waals surface area contributed by atoms with Gasteiger partial charge in [-0.2, -0.15) is 0 Å². The van der Waals surface area contributed by atoms with Crippen molar-refractivity contribution in [3.63, 3.8) is 0 Å². The van der Waals surface area contributed by atoms with Crippen LogP contribution >= 0.6 is 0 Å². The van der Waals surface area contributed by atoms with Gasteiger partial charge < -0.3 is 15.1 Å². The van der Waals surface area contributed by atoms with Gasteiger partial charge in [-0.05, 0) is 64.8 Å². The van der Waals surface area contributed by atoms with E-state index in [-0.39, 0.29) is 11.4 Å². The first-order chi connectivity index (χ1) is 13.1. The Morgan fingerprint density at radius 3 is 2.36 bits per heavy atom. The number of piperazine rings is 1. The number of aryl methyl sites for hydroxylation is 2. The predicted molar refractivity (Wildman–Crippen MR) is 114 cm³/mol. The van der Waals surface area contributed by atoms with E-state index in [9.17, 15) is 4.79 Å². The van der Waals surface area contributed by atoms with Gasteiger partial charge >= 0.3 is 0 Å². The molecule has 1 aromatic carbocycles. The Bertz CT molecular complexity index is 864. The van der Waals surface area contributed by atoms with E-state index in [2.05, 4.69) is 52.2 Å². The summed E-state index contributed by atoms with van der Waals surface area (Å²) in [4.78, 5) is 26.2. The van der Waals surface area contributed by atoms with E-state index >= 15 is 0 Å². The smallest absolute Gasteiger partial charge is 0.272 e. The molecule has 0 unspecified atom stereocenters. The molecule has 0 saturated carbocycles. The van der Waals surface area contributed by atoms with Crippen molar-refractivity contribution >= 4 is 17.5 Å². The summed E-state index contributed by atoms with van der Waals surface area (Å²) in [6.07, 6.45) is 0. The molecule has 3 rings (SSSR count). The van der Waals surface area contributed by atoms with E-state index in [4.69, 9.17) is 0 Å². The van der Waals surface area contributed by atoms with Crippen LogP contribution in [0.3, 0.4) is 0 Å². The average Bonchev–Trinajstić information content (AvgIpc) is 2.61. The van der Waals surface area contributed by atoms with E-state index in [1.54, 1.807) is 6.07 Å². The van der Waals surface area contributed by atoms with Crippen molar-refractivity contribution in [2.24, 2.45) is 0 Å². The lowest BCUT2D eigenvalue weighted by molar-refractivity contribution is 0.0740. The molecular formula is C22H31N5O. The number of nitrogens with zero attached hydrogens (tertiary/aromatic N) is 4. The number of hydrogen-bond donors (Lipinski definition) is 1. The molecule has 0 radical (unpaired) electrons. The zero-order valence-electron chi connectivity index (χ0n) is 17.8. The first-order valence-corrected chi connectivity index (χ1v) is 9.88. The van der Waals surface area contributed by atoms with Crippen molar-refractivity contribution in [2.75, 3.05) is 36.4 Å². The highest BCUT2D eigenvalue weighted by Crippen LogP contribution is 2.24. The molecule has 6 heteroatoms.